The number of hydrogen-bond donors (Lipinski definition) is 4. The van der Waals surface area contributed by atoms with E-state index in [-0.39, 0.29) is 28.6 Å². The van der Waals surface area contributed by atoms with Gasteiger partial charge in [0, 0.05) is 41.6 Å². The summed E-state index contributed by atoms with van der Waals surface area (Å²) in [5, 5.41) is 31.1. The average Bonchev–Trinajstić information content (AvgIpc) is 2.68. The minimum absolute atomic E-state index is 0.00172. The molecule has 32 heavy (non-hydrogen) atoms. The zero-order chi connectivity index (χ0) is 23.7. The topological polar surface area (TPSA) is 96.1 Å². The summed E-state index contributed by atoms with van der Waals surface area (Å²) in [6, 6.07) is 9.40. The number of phenols is 1. The molecular formula is C26H35N5O. The van der Waals surface area contributed by atoms with Gasteiger partial charge in [-0.1, -0.05) is 6.07 Å². The van der Waals surface area contributed by atoms with Gasteiger partial charge in [0.05, 0.1) is 5.71 Å². The van der Waals surface area contributed by atoms with Crippen LogP contribution in [0.15, 0.2) is 48.7 Å². The van der Waals surface area contributed by atoms with Crippen molar-refractivity contribution < 1.29 is 5.11 Å². The predicted molar refractivity (Wildman–Crippen MR) is 132 cm³/mol. The number of hydrogen-bond acceptors (Lipinski definition) is 5. The molecule has 0 spiro atoms. The fourth-order valence-corrected chi connectivity index (χ4v) is 4.77. The lowest BCUT2D eigenvalue weighted by Gasteiger charge is -2.49. The zero-order valence-corrected chi connectivity index (χ0v) is 20.0. The lowest BCUT2D eigenvalue weighted by atomic mass is 9.79. The molecule has 1 fully saturated rings. The third-order valence-electron chi connectivity index (χ3n) is 6.02. The molecule has 1 aromatic carbocycles. The number of likely N-dealkylation sites (N-methyl/N-ethyl adjacent to an activating group) is 1. The number of aromatic nitrogens is 1. The van der Waals surface area contributed by atoms with Crippen molar-refractivity contribution in [2.75, 3.05) is 7.05 Å². The van der Waals surface area contributed by atoms with Crippen molar-refractivity contribution in [3.8, 4) is 16.9 Å². The number of piperidine rings is 1. The average molecular weight is 434 g/mol. The largest absolute Gasteiger partial charge is 0.507 e. The highest BCUT2D eigenvalue weighted by Crippen LogP contribution is 2.31. The Morgan fingerprint density at radius 1 is 1.06 bits per heavy atom. The van der Waals surface area contributed by atoms with E-state index in [1.54, 1.807) is 30.5 Å². The van der Waals surface area contributed by atoms with Crippen molar-refractivity contribution in [1.82, 2.24) is 15.2 Å². The van der Waals surface area contributed by atoms with E-state index in [1.807, 2.05) is 37.1 Å². The van der Waals surface area contributed by atoms with Gasteiger partial charge in [-0.25, -0.2) is 0 Å². The molecule has 0 saturated carbocycles. The molecule has 2 heterocycles. The molecule has 1 aromatic heterocycles. The summed E-state index contributed by atoms with van der Waals surface area (Å²) < 4.78 is 0. The van der Waals surface area contributed by atoms with Gasteiger partial charge in [-0.05, 0) is 95.0 Å². The molecule has 2 aromatic rings. The fraction of sp³-hybridized carbons (Fsp3) is 0.423. The van der Waals surface area contributed by atoms with Gasteiger partial charge >= 0.3 is 0 Å². The van der Waals surface area contributed by atoms with Crippen LogP contribution in [0.5, 0.6) is 5.75 Å². The van der Waals surface area contributed by atoms with Gasteiger partial charge in [0.15, 0.2) is 0 Å². The molecule has 6 nitrogen and oxygen atoms in total. The molecule has 170 valence electrons. The first-order valence-corrected chi connectivity index (χ1v) is 11.0. The molecule has 1 aliphatic rings. The summed E-state index contributed by atoms with van der Waals surface area (Å²) >= 11 is 0. The molecule has 6 heteroatoms. The minimum Gasteiger partial charge on any atom is -0.507 e. The Bertz CT molecular complexity index is 1040. The van der Waals surface area contributed by atoms with Crippen LogP contribution in [0.2, 0.25) is 0 Å². The second kappa shape index (κ2) is 8.87. The molecule has 0 radical (unpaired) electrons. The number of nitrogens with zero attached hydrogens (tertiary/aromatic N) is 2. The summed E-state index contributed by atoms with van der Waals surface area (Å²) in [7, 11) is 1.95. The number of phenolic OH excluding ortho intramolecular Hbond substituents is 1. The van der Waals surface area contributed by atoms with Gasteiger partial charge in [0.1, 0.15) is 11.6 Å². The van der Waals surface area contributed by atoms with Crippen molar-refractivity contribution in [2.45, 2.75) is 64.6 Å². The third kappa shape index (κ3) is 5.62. The quantitative estimate of drug-likeness (QED) is 0.398. The Labute approximate surface area is 191 Å². The van der Waals surface area contributed by atoms with Crippen molar-refractivity contribution in [3.63, 3.8) is 0 Å². The maximum absolute atomic E-state index is 10.5. The van der Waals surface area contributed by atoms with Gasteiger partial charge in [-0.15, -0.1) is 0 Å². The Morgan fingerprint density at radius 3 is 2.28 bits per heavy atom. The highest BCUT2D eigenvalue weighted by atomic mass is 16.3. The molecule has 0 bridgehead atoms. The first-order valence-electron chi connectivity index (χ1n) is 11.0. The summed E-state index contributed by atoms with van der Waals surface area (Å²) in [6.45, 7) is 10.7. The van der Waals surface area contributed by atoms with E-state index in [1.165, 1.54) is 0 Å². The highest BCUT2D eigenvalue weighted by Gasteiger charge is 2.39. The molecular weight excluding hydrogens is 398 g/mol. The Balaban J connectivity index is 1.71. The summed E-state index contributed by atoms with van der Waals surface area (Å²) in [6.07, 6.45) is 6.85. The summed E-state index contributed by atoms with van der Waals surface area (Å²) in [5.74, 6) is 0.407. The lowest BCUT2D eigenvalue weighted by molar-refractivity contribution is 0.114. The van der Waals surface area contributed by atoms with E-state index in [0.29, 0.717) is 11.4 Å². The van der Waals surface area contributed by atoms with E-state index in [0.717, 1.165) is 29.7 Å². The Hall–Kier alpha value is -2.99. The van der Waals surface area contributed by atoms with Crippen LogP contribution < -0.4 is 5.32 Å². The predicted octanol–water partition coefficient (Wildman–Crippen LogP) is 4.90. The van der Waals surface area contributed by atoms with E-state index in [2.05, 4.69) is 38.0 Å². The second-order valence-corrected chi connectivity index (χ2v) is 10.1. The normalized spacial score (nSPS) is 17.9. The molecule has 3 rings (SSSR count). The maximum atomic E-state index is 10.5. The molecule has 0 unspecified atom stereocenters. The van der Waals surface area contributed by atoms with Gasteiger partial charge in [-0.2, -0.15) is 0 Å². The van der Waals surface area contributed by atoms with Crippen LogP contribution in [-0.2, 0) is 0 Å². The number of amidine groups is 1. The van der Waals surface area contributed by atoms with Gasteiger partial charge in [-0.3, -0.25) is 10.4 Å². The lowest BCUT2D eigenvalue weighted by Crippen LogP contribution is -2.62. The van der Waals surface area contributed by atoms with E-state index < -0.39 is 0 Å². The van der Waals surface area contributed by atoms with E-state index >= 15 is 0 Å². The highest BCUT2D eigenvalue weighted by molar-refractivity contribution is 6.11. The molecule has 1 aliphatic heterocycles. The van der Waals surface area contributed by atoms with Gasteiger partial charge in [0.2, 0.25) is 0 Å². The summed E-state index contributed by atoms with van der Waals surface area (Å²) in [4.78, 5) is 6.19. The third-order valence-corrected chi connectivity index (χ3v) is 6.02. The van der Waals surface area contributed by atoms with Crippen LogP contribution in [0, 0.1) is 17.7 Å². The van der Waals surface area contributed by atoms with E-state index in [4.69, 9.17) is 10.8 Å². The number of rotatable bonds is 5. The number of allylic oxidation sites excluding steroid dienone is 1. The monoisotopic (exact) mass is 433 g/mol. The second-order valence-electron chi connectivity index (χ2n) is 10.1. The van der Waals surface area contributed by atoms with Crippen LogP contribution in [0.4, 0.5) is 0 Å². The zero-order valence-electron chi connectivity index (χ0n) is 20.0. The first kappa shape index (κ1) is 23.7. The SMILES string of the molecule is Cc1cc(-c2ccc(C(=N)/C=C\C(=N)N(C)C3CC(C)(C)NC(C)(C)C3)c(O)c2)ccn1. The number of aryl methyl sites for hydroxylation is 1. The molecule has 0 aliphatic carbocycles. The maximum Gasteiger partial charge on any atom is 0.125 e. The van der Waals surface area contributed by atoms with Crippen LogP contribution in [-0.4, -0.2) is 50.7 Å². The number of nitrogens with one attached hydrogen (secondary N) is 3. The van der Waals surface area contributed by atoms with E-state index in [9.17, 15) is 5.11 Å². The first-order chi connectivity index (χ1) is 14.9. The van der Waals surface area contributed by atoms with Crippen molar-refractivity contribution >= 4 is 11.5 Å². The number of pyridine rings is 1. The standard InChI is InChI=1S/C26H35N5O/c1-17-13-19(11-12-29-17)18-7-8-21(23(32)14-18)22(27)9-10-24(28)31(6)20-15-25(2,3)30-26(4,5)16-20/h7-14,20,27-28,30,32H,15-16H2,1-6H3/b10-9-,27-22?,28-24?. The van der Waals surface area contributed by atoms with Crippen molar-refractivity contribution in [3.05, 3.63) is 59.9 Å². The summed E-state index contributed by atoms with van der Waals surface area (Å²) in [5.41, 5.74) is 3.36. The van der Waals surface area contributed by atoms with Gasteiger partial charge < -0.3 is 20.7 Å². The van der Waals surface area contributed by atoms with Crippen molar-refractivity contribution in [1.29, 1.82) is 10.8 Å². The van der Waals surface area contributed by atoms with Crippen LogP contribution in [0.1, 0.15) is 51.8 Å². The minimum atomic E-state index is -0.00172. The van der Waals surface area contributed by atoms with Crippen LogP contribution in [0.25, 0.3) is 11.1 Å². The molecule has 4 N–H and O–H groups in total. The molecule has 0 atom stereocenters. The van der Waals surface area contributed by atoms with Crippen LogP contribution >= 0.6 is 0 Å². The van der Waals surface area contributed by atoms with Crippen molar-refractivity contribution in [2.24, 2.45) is 0 Å². The fourth-order valence-electron chi connectivity index (χ4n) is 4.77. The van der Waals surface area contributed by atoms with Gasteiger partial charge in [0.25, 0.3) is 0 Å². The Kier molecular flexibility index (Phi) is 6.56. The Morgan fingerprint density at radius 2 is 1.69 bits per heavy atom. The molecule has 0 amide bonds. The molecule has 1 saturated heterocycles. The number of aromatic hydroxyl groups is 1. The smallest absolute Gasteiger partial charge is 0.125 e. The van der Waals surface area contributed by atoms with Crippen LogP contribution in [0.3, 0.4) is 0 Å². The number of benzene rings is 1.